The van der Waals surface area contributed by atoms with Crippen LogP contribution in [0.25, 0.3) is 11.1 Å². The van der Waals surface area contributed by atoms with E-state index in [0.717, 1.165) is 18.2 Å². The molecule has 2 aromatic carbocycles. The molecule has 0 spiro atoms. The maximum atomic E-state index is 13.7. The van der Waals surface area contributed by atoms with E-state index in [-0.39, 0.29) is 16.7 Å². The van der Waals surface area contributed by atoms with E-state index in [4.69, 9.17) is 10.4 Å². The van der Waals surface area contributed by atoms with Crippen molar-refractivity contribution in [3.05, 3.63) is 59.2 Å². The minimum atomic E-state index is -1.43. The maximum absolute atomic E-state index is 13.7. The van der Waals surface area contributed by atoms with Gasteiger partial charge >= 0.3 is 5.97 Å². The van der Waals surface area contributed by atoms with Crippen LogP contribution in [0.3, 0.4) is 0 Å². The van der Waals surface area contributed by atoms with E-state index in [1.807, 2.05) is 6.07 Å². The molecule has 0 radical (unpaired) electrons. The molecule has 2 aromatic rings. The van der Waals surface area contributed by atoms with Crippen LogP contribution in [-0.2, 0) is 0 Å². The molecule has 0 aliphatic heterocycles. The Labute approximate surface area is 107 Å². The van der Waals surface area contributed by atoms with E-state index in [1.54, 1.807) is 0 Å². The number of carboxylic acid groups (broad SMARTS) is 1. The number of hydrogen-bond acceptors (Lipinski definition) is 2. The van der Waals surface area contributed by atoms with Crippen molar-refractivity contribution in [2.45, 2.75) is 0 Å². The smallest absolute Gasteiger partial charge is 0.338 e. The van der Waals surface area contributed by atoms with Gasteiger partial charge in [-0.15, -0.1) is 0 Å². The van der Waals surface area contributed by atoms with Gasteiger partial charge in [0.15, 0.2) is 0 Å². The summed E-state index contributed by atoms with van der Waals surface area (Å²) in [6, 6.07) is 8.82. The fourth-order valence-corrected chi connectivity index (χ4v) is 1.67. The van der Waals surface area contributed by atoms with E-state index >= 15 is 0 Å². The molecule has 0 fully saturated rings. The standard InChI is InChI=1S/C14H7F2NO2/c15-12-3-1-8(7-17)5-10(12)9-2-4-13(16)11(6-9)14(18)19/h1-6H,(H,18,19). The predicted molar refractivity (Wildman–Crippen MR) is 63.5 cm³/mol. The van der Waals surface area contributed by atoms with Gasteiger partial charge in [0, 0.05) is 5.56 Å². The Bertz CT molecular complexity index is 705. The second-order valence-electron chi connectivity index (χ2n) is 3.81. The zero-order valence-corrected chi connectivity index (χ0v) is 9.52. The number of aromatic carboxylic acids is 1. The number of nitrogens with zero attached hydrogens (tertiary/aromatic N) is 1. The first-order valence-electron chi connectivity index (χ1n) is 5.26. The first-order chi connectivity index (χ1) is 9.02. The highest BCUT2D eigenvalue weighted by Crippen LogP contribution is 2.26. The molecule has 19 heavy (non-hydrogen) atoms. The molecule has 0 saturated carbocycles. The first-order valence-corrected chi connectivity index (χ1v) is 5.26. The van der Waals surface area contributed by atoms with Gasteiger partial charge in [0.1, 0.15) is 11.6 Å². The summed E-state index contributed by atoms with van der Waals surface area (Å²) in [7, 11) is 0. The van der Waals surface area contributed by atoms with Gasteiger partial charge in [-0.2, -0.15) is 5.26 Å². The van der Waals surface area contributed by atoms with E-state index in [2.05, 4.69) is 0 Å². The van der Waals surface area contributed by atoms with Gasteiger partial charge in [0.25, 0.3) is 0 Å². The number of rotatable bonds is 2. The predicted octanol–water partition coefficient (Wildman–Crippen LogP) is 3.20. The SMILES string of the molecule is N#Cc1ccc(F)c(-c2ccc(F)c(C(=O)O)c2)c1. The van der Waals surface area contributed by atoms with Gasteiger partial charge in [-0.25, -0.2) is 13.6 Å². The molecule has 94 valence electrons. The lowest BCUT2D eigenvalue weighted by Crippen LogP contribution is -2.01. The highest BCUT2D eigenvalue weighted by Gasteiger charge is 2.13. The van der Waals surface area contributed by atoms with Gasteiger partial charge in [-0.05, 0) is 35.9 Å². The van der Waals surface area contributed by atoms with Gasteiger partial charge in [-0.1, -0.05) is 6.07 Å². The summed E-state index contributed by atoms with van der Waals surface area (Å²) in [5, 5.41) is 17.6. The van der Waals surface area contributed by atoms with Crippen molar-refractivity contribution in [3.63, 3.8) is 0 Å². The lowest BCUT2D eigenvalue weighted by molar-refractivity contribution is 0.0692. The second kappa shape index (κ2) is 4.86. The van der Waals surface area contributed by atoms with Crippen molar-refractivity contribution in [1.82, 2.24) is 0 Å². The molecule has 0 aromatic heterocycles. The van der Waals surface area contributed by atoms with Crippen LogP contribution in [0.5, 0.6) is 0 Å². The maximum Gasteiger partial charge on any atom is 0.338 e. The molecule has 5 heteroatoms. The summed E-state index contributed by atoms with van der Waals surface area (Å²) in [6.07, 6.45) is 0. The Kier molecular flexibility index (Phi) is 3.25. The fourth-order valence-electron chi connectivity index (χ4n) is 1.67. The molecule has 0 saturated heterocycles. The van der Waals surface area contributed by atoms with Crippen LogP contribution in [0.2, 0.25) is 0 Å². The largest absolute Gasteiger partial charge is 0.478 e. The average molecular weight is 259 g/mol. The third-order valence-corrected chi connectivity index (χ3v) is 2.60. The minimum Gasteiger partial charge on any atom is -0.478 e. The molecule has 0 heterocycles. The number of hydrogen-bond donors (Lipinski definition) is 1. The van der Waals surface area contributed by atoms with Gasteiger partial charge in [0.05, 0.1) is 17.2 Å². The molecule has 0 aliphatic carbocycles. The number of nitriles is 1. The fraction of sp³-hybridized carbons (Fsp3) is 0. The molecule has 1 N–H and O–H groups in total. The monoisotopic (exact) mass is 259 g/mol. The van der Waals surface area contributed by atoms with Gasteiger partial charge < -0.3 is 5.11 Å². The van der Waals surface area contributed by atoms with Crippen LogP contribution in [-0.4, -0.2) is 11.1 Å². The third kappa shape index (κ3) is 2.43. The summed E-state index contributed by atoms with van der Waals surface area (Å²) in [5.41, 5.74) is -0.0492. The van der Waals surface area contributed by atoms with Crippen molar-refractivity contribution in [2.24, 2.45) is 0 Å². The van der Waals surface area contributed by atoms with E-state index in [0.29, 0.717) is 0 Å². The highest BCUT2D eigenvalue weighted by atomic mass is 19.1. The summed E-state index contributed by atoms with van der Waals surface area (Å²) in [4.78, 5) is 10.8. The quantitative estimate of drug-likeness (QED) is 0.900. The van der Waals surface area contributed by atoms with Crippen LogP contribution in [0.4, 0.5) is 8.78 Å². The van der Waals surface area contributed by atoms with Crippen molar-refractivity contribution in [1.29, 1.82) is 5.26 Å². The number of halogens is 2. The highest BCUT2D eigenvalue weighted by molar-refractivity contribution is 5.89. The normalized spacial score (nSPS) is 9.95. The van der Waals surface area contributed by atoms with Gasteiger partial charge in [-0.3, -0.25) is 0 Å². The van der Waals surface area contributed by atoms with Gasteiger partial charge in [0.2, 0.25) is 0 Å². The summed E-state index contributed by atoms with van der Waals surface area (Å²) >= 11 is 0. The second-order valence-corrected chi connectivity index (χ2v) is 3.81. The van der Waals surface area contributed by atoms with Crippen LogP contribution in [0.1, 0.15) is 15.9 Å². The molecule has 0 aliphatic rings. The number of carbonyl (C=O) groups is 1. The summed E-state index contributed by atoms with van der Waals surface area (Å²) in [5.74, 6) is -2.94. The topological polar surface area (TPSA) is 61.1 Å². The summed E-state index contributed by atoms with van der Waals surface area (Å²) in [6.45, 7) is 0. The van der Waals surface area contributed by atoms with Crippen LogP contribution in [0.15, 0.2) is 36.4 Å². The minimum absolute atomic E-state index is 0.0570. The lowest BCUT2D eigenvalue weighted by Gasteiger charge is -2.06. The Morgan fingerprint density at radius 1 is 1.11 bits per heavy atom. The Balaban J connectivity index is 2.63. The molecule has 2 rings (SSSR count). The molecular formula is C14H7F2NO2. The lowest BCUT2D eigenvalue weighted by atomic mass is 10.0. The van der Waals surface area contributed by atoms with Crippen LogP contribution >= 0.6 is 0 Å². The third-order valence-electron chi connectivity index (χ3n) is 2.60. The van der Waals surface area contributed by atoms with Crippen molar-refractivity contribution >= 4 is 5.97 Å². The first kappa shape index (κ1) is 12.7. The Morgan fingerprint density at radius 3 is 2.42 bits per heavy atom. The zero-order valence-electron chi connectivity index (χ0n) is 9.52. The van der Waals surface area contributed by atoms with E-state index in [9.17, 15) is 13.6 Å². The van der Waals surface area contributed by atoms with Crippen molar-refractivity contribution in [3.8, 4) is 17.2 Å². The molecule has 0 unspecified atom stereocenters. The number of benzene rings is 2. The molecule has 3 nitrogen and oxygen atoms in total. The van der Waals surface area contributed by atoms with Crippen molar-refractivity contribution < 1.29 is 18.7 Å². The van der Waals surface area contributed by atoms with E-state index < -0.39 is 23.2 Å². The van der Waals surface area contributed by atoms with Crippen molar-refractivity contribution in [2.75, 3.05) is 0 Å². The molecule has 0 atom stereocenters. The molecule has 0 amide bonds. The average Bonchev–Trinajstić information content (AvgIpc) is 2.40. The molecular weight excluding hydrogens is 252 g/mol. The zero-order chi connectivity index (χ0) is 14.0. The van der Waals surface area contributed by atoms with E-state index in [1.165, 1.54) is 18.2 Å². The Morgan fingerprint density at radius 2 is 1.79 bits per heavy atom. The van der Waals surface area contributed by atoms with Crippen LogP contribution in [0, 0.1) is 23.0 Å². The van der Waals surface area contributed by atoms with Crippen LogP contribution < -0.4 is 0 Å². The number of carboxylic acids is 1. The Hall–Kier alpha value is -2.74. The molecule has 0 bridgehead atoms. The summed E-state index contributed by atoms with van der Waals surface area (Å²) < 4.78 is 26.9.